The third-order valence-electron chi connectivity index (χ3n) is 4.41. The van der Waals surface area contributed by atoms with E-state index in [4.69, 9.17) is 9.15 Å². The van der Waals surface area contributed by atoms with E-state index in [1.54, 1.807) is 48.5 Å². The lowest BCUT2D eigenvalue weighted by Crippen LogP contribution is -2.16. The van der Waals surface area contributed by atoms with Crippen LogP contribution in [0, 0.1) is 6.92 Å². The fourth-order valence-corrected chi connectivity index (χ4v) is 2.79. The zero-order chi connectivity index (χ0) is 20.9. The number of hydrogen-bond donors (Lipinski definition) is 1. The summed E-state index contributed by atoms with van der Waals surface area (Å²) in [6, 6.07) is 23.0. The Bertz CT molecular complexity index is 1190. The molecule has 4 rings (SSSR count). The minimum Gasteiger partial charge on any atom is -0.451 e. The van der Waals surface area contributed by atoms with Crippen molar-refractivity contribution in [1.82, 2.24) is 5.43 Å². The van der Waals surface area contributed by atoms with Gasteiger partial charge in [0.05, 0.1) is 11.8 Å². The number of amides is 1. The number of esters is 1. The molecule has 0 fully saturated rings. The molecule has 0 aliphatic rings. The fourth-order valence-electron chi connectivity index (χ4n) is 2.79. The standard InChI is InChI=1S/C24H18N2O4/c1-16-6-10-18(11-7-16)24(28)29-20-12-8-17(9-13-20)15-25-26-23(27)22-14-19-4-2-3-5-21(19)30-22/h2-15H,1H3,(H,26,27)/b25-15+. The lowest BCUT2D eigenvalue weighted by Gasteiger charge is -2.05. The van der Waals surface area contributed by atoms with Crippen LogP contribution in [0.2, 0.25) is 0 Å². The van der Waals surface area contributed by atoms with Gasteiger partial charge >= 0.3 is 11.9 Å². The minimum atomic E-state index is -0.439. The highest BCUT2D eigenvalue weighted by Crippen LogP contribution is 2.18. The Labute approximate surface area is 172 Å². The molecule has 0 saturated carbocycles. The number of furan rings is 1. The zero-order valence-corrected chi connectivity index (χ0v) is 16.2. The molecule has 1 N–H and O–H groups in total. The Hall–Kier alpha value is -4.19. The molecule has 30 heavy (non-hydrogen) atoms. The molecule has 0 radical (unpaired) electrons. The van der Waals surface area contributed by atoms with Crippen molar-refractivity contribution in [3.05, 3.63) is 101 Å². The van der Waals surface area contributed by atoms with Crippen molar-refractivity contribution < 1.29 is 18.7 Å². The van der Waals surface area contributed by atoms with E-state index in [-0.39, 0.29) is 5.76 Å². The molecule has 6 nitrogen and oxygen atoms in total. The number of benzene rings is 3. The average Bonchev–Trinajstić information content (AvgIpc) is 3.20. The maximum atomic E-state index is 12.2. The van der Waals surface area contributed by atoms with Gasteiger partial charge in [-0.1, -0.05) is 35.9 Å². The highest BCUT2D eigenvalue weighted by atomic mass is 16.5. The number of hydrazone groups is 1. The molecular formula is C24H18N2O4. The number of rotatable bonds is 5. The molecule has 0 aliphatic carbocycles. The van der Waals surface area contributed by atoms with Crippen molar-refractivity contribution in [3.63, 3.8) is 0 Å². The molecule has 0 spiro atoms. The smallest absolute Gasteiger partial charge is 0.343 e. The second-order valence-corrected chi connectivity index (χ2v) is 6.67. The van der Waals surface area contributed by atoms with E-state index in [1.165, 1.54) is 6.21 Å². The first-order valence-electron chi connectivity index (χ1n) is 9.29. The van der Waals surface area contributed by atoms with Crippen LogP contribution in [0.1, 0.15) is 32.0 Å². The van der Waals surface area contributed by atoms with Gasteiger partial charge in [0, 0.05) is 5.39 Å². The van der Waals surface area contributed by atoms with Crippen LogP contribution in [0.15, 0.2) is 88.4 Å². The number of carbonyl (C=O) groups excluding carboxylic acids is 2. The highest BCUT2D eigenvalue weighted by molar-refractivity contribution is 5.96. The van der Waals surface area contributed by atoms with Gasteiger partial charge in [-0.05, 0) is 61.0 Å². The van der Waals surface area contributed by atoms with E-state index in [0.717, 1.165) is 16.5 Å². The third-order valence-corrected chi connectivity index (χ3v) is 4.41. The quantitative estimate of drug-likeness (QED) is 0.228. The first-order valence-corrected chi connectivity index (χ1v) is 9.29. The first-order chi connectivity index (χ1) is 14.6. The number of aryl methyl sites for hydroxylation is 1. The molecule has 4 aromatic rings. The van der Waals surface area contributed by atoms with E-state index < -0.39 is 11.9 Å². The summed E-state index contributed by atoms with van der Waals surface area (Å²) in [6.07, 6.45) is 1.49. The number of ether oxygens (including phenoxy) is 1. The van der Waals surface area contributed by atoms with Gasteiger partial charge in [-0.25, -0.2) is 10.2 Å². The summed E-state index contributed by atoms with van der Waals surface area (Å²) in [5.74, 6) is -0.253. The molecule has 6 heteroatoms. The number of carbonyl (C=O) groups is 2. The Balaban J connectivity index is 1.34. The maximum absolute atomic E-state index is 12.2. The Kier molecular flexibility index (Phi) is 5.39. The normalized spacial score (nSPS) is 11.0. The summed E-state index contributed by atoms with van der Waals surface area (Å²) in [5.41, 5.74) is 5.36. The predicted octanol–water partition coefficient (Wildman–Crippen LogP) is 4.72. The number of fused-ring (bicyclic) bond motifs is 1. The lowest BCUT2D eigenvalue weighted by atomic mass is 10.1. The van der Waals surface area contributed by atoms with Gasteiger partial charge < -0.3 is 9.15 Å². The van der Waals surface area contributed by atoms with Crippen LogP contribution in [0.4, 0.5) is 0 Å². The van der Waals surface area contributed by atoms with E-state index in [0.29, 0.717) is 16.9 Å². The number of nitrogens with one attached hydrogen (secondary N) is 1. The van der Waals surface area contributed by atoms with Crippen LogP contribution in [-0.2, 0) is 0 Å². The van der Waals surface area contributed by atoms with E-state index in [2.05, 4.69) is 10.5 Å². The van der Waals surface area contributed by atoms with Crippen LogP contribution in [0.3, 0.4) is 0 Å². The molecule has 1 heterocycles. The number of nitrogens with zero attached hydrogens (tertiary/aromatic N) is 1. The Morgan fingerprint density at radius 1 is 0.967 bits per heavy atom. The molecule has 1 aromatic heterocycles. The Morgan fingerprint density at radius 2 is 1.70 bits per heavy atom. The third kappa shape index (κ3) is 4.44. The summed E-state index contributed by atoms with van der Waals surface area (Å²) in [4.78, 5) is 24.3. The van der Waals surface area contributed by atoms with Crippen LogP contribution in [0.25, 0.3) is 11.0 Å². The van der Waals surface area contributed by atoms with Crippen LogP contribution >= 0.6 is 0 Å². The summed E-state index contributed by atoms with van der Waals surface area (Å²) in [6.45, 7) is 1.95. The van der Waals surface area contributed by atoms with Crippen molar-refractivity contribution in [3.8, 4) is 5.75 Å². The van der Waals surface area contributed by atoms with Gasteiger partial charge in [-0.3, -0.25) is 4.79 Å². The van der Waals surface area contributed by atoms with E-state index >= 15 is 0 Å². The second-order valence-electron chi connectivity index (χ2n) is 6.67. The monoisotopic (exact) mass is 398 g/mol. The topological polar surface area (TPSA) is 80.9 Å². The van der Waals surface area contributed by atoms with Crippen molar-refractivity contribution in [1.29, 1.82) is 0 Å². The first kappa shape index (κ1) is 19.1. The average molecular weight is 398 g/mol. The summed E-state index contributed by atoms with van der Waals surface area (Å²) in [5, 5.41) is 4.79. The second kappa shape index (κ2) is 8.45. The van der Waals surface area contributed by atoms with Gasteiger partial charge in [-0.2, -0.15) is 5.10 Å². The van der Waals surface area contributed by atoms with Crippen molar-refractivity contribution in [2.24, 2.45) is 5.10 Å². The summed E-state index contributed by atoms with van der Waals surface area (Å²) < 4.78 is 10.9. The molecule has 0 unspecified atom stereocenters. The molecular weight excluding hydrogens is 380 g/mol. The van der Waals surface area contributed by atoms with E-state index in [1.807, 2.05) is 37.3 Å². The molecule has 0 saturated heterocycles. The molecule has 0 aliphatic heterocycles. The van der Waals surface area contributed by atoms with Crippen molar-refractivity contribution in [2.75, 3.05) is 0 Å². The summed E-state index contributed by atoms with van der Waals surface area (Å²) in [7, 11) is 0. The number of para-hydroxylation sites is 1. The largest absolute Gasteiger partial charge is 0.451 e. The molecule has 0 bridgehead atoms. The van der Waals surface area contributed by atoms with Crippen molar-refractivity contribution in [2.45, 2.75) is 6.92 Å². The lowest BCUT2D eigenvalue weighted by molar-refractivity contribution is 0.0734. The molecule has 1 amide bonds. The number of hydrogen-bond acceptors (Lipinski definition) is 5. The summed E-state index contributed by atoms with van der Waals surface area (Å²) >= 11 is 0. The predicted molar refractivity (Wildman–Crippen MR) is 114 cm³/mol. The van der Waals surface area contributed by atoms with Crippen LogP contribution in [0.5, 0.6) is 5.75 Å². The van der Waals surface area contributed by atoms with Gasteiger partial charge in [0.25, 0.3) is 0 Å². The zero-order valence-electron chi connectivity index (χ0n) is 16.2. The van der Waals surface area contributed by atoms with Crippen molar-refractivity contribution >= 4 is 29.1 Å². The fraction of sp³-hybridized carbons (Fsp3) is 0.0417. The molecule has 148 valence electrons. The van der Waals surface area contributed by atoms with Crippen LogP contribution in [-0.4, -0.2) is 18.1 Å². The van der Waals surface area contributed by atoms with E-state index in [9.17, 15) is 9.59 Å². The van der Waals surface area contributed by atoms with Gasteiger partial charge in [-0.15, -0.1) is 0 Å². The molecule has 0 atom stereocenters. The maximum Gasteiger partial charge on any atom is 0.343 e. The van der Waals surface area contributed by atoms with Gasteiger partial charge in [0.2, 0.25) is 0 Å². The highest BCUT2D eigenvalue weighted by Gasteiger charge is 2.11. The minimum absolute atomic E-state index is 0.187. The molecule has 3 aromatic carbocycles. The van der Waals surface area contributed by atoms with Gasteiger partial charge in [0.15, 0.2) is 5.76 Å². The Morgan fingerprint density at radius 3 is 2.43 bits per heavy atom. The SMILES string of the molecule is Cc1ccc(C(=O)Oc2ccc(/C=N/NC(=O)c3cc4ccccc4o3)cc2)cc1. The van der Waals surface area contributed by atoms with Gasteiger partial charge in [0.1, 0.15) is 11.3 Å². The van der Waals surface area contributed by atoms with Crippen LogP contribution < -0.4 is 10.2 Å².